The summed E-state index contributed by atoms with van der Waals surface area (Å²) in [5.41, 5.74) is 2.39. The van der Waals surface area contributed by atoms with E-state index in [1.165, 1.54) is 10.2 Å². The molecule has 4 heteroatoms. The van der Waals surface area contributed by atoms with Gasteiger partial charge >= 0.3 is 0 Å². The largest absolute Gasteiger partial charge is 0.316 e. The predicted molar refractivity (Wildman–Crippen MR) is 85.4 cm³/mol. The standard InChI is InChI=1S/C15H28BrN3/c1-10(2)8-17-9-13(11(3)4)7-14-15(16)12(5)18-19(14)6/h10-11,13,17H,7-9H2,1-6H3. The van der Waals surface area contributed by atoms with Gasteiger partial charge < -0.3 is 5.32 Å². The molecular weight excluding hydrogens is 302 g/mol. The van der Waals surface area contributed by atoms with Crippen molar-refractivity contribution in [3.63, 3.8) is 0 Å². The van der Waals surface area contributed by atoms with Crippen LogP contribution in [0.3, 0.4) is 0 Å². The number of halogens is 1. The fraction of sp³-hybridized carbons (Fsp3) is 0.800. The van der Waals surface area contributed by atoms with Crippen LogP contribution in [0.5, 0.6) is 0 Å². The highest BCUT2D eigenvalue weighted by atomic mass is 79.9. The number of hydrogen-bond acceptors (Lipinski definition) is 2. The number of hydrogen-bond donors (Lipinski definition) is 1. The van der Waals surface area contributed by atoms with E-state index in [9.17, 15) is 0 Å². The zero-order chi connectivity index (χ0) is 14.6. The molecule has 0 radical (unpaired) electrons. The molecule has 0 fully saturated rings. The fourth-order valence-electron chi connectivity index (χ4n) is 2.25. The van der Waals surface area contributed by atoms with Crippen molar-refractivity contribution >= 4 is 15.9 Å². The molecule has 1 aromatic rings. The van der Waals surface area contributed by atoms with E-state index in [0.29, 0.717) is 17.8 Å². The van der Waals surface area contributed by atoms with E-state index in [4.69, 9.17) is 0 Å². The van der Waals surface area contributed by atoms with Crippen molar-refractivity contribution in [2.24, 2.45) is 24.8 Å². The Morgan fingerprint density at radius 1 is 1.21 bits per heavy atom. The van der Waals surface area contributed by atoms with Gasteiger partial charge in [0.1, 0.15) is 0 Å². The summed E-state index contributed by atoms with van der Waals surface area (Å²) in [4.78, 5) is 0. The topological polar surface area (TPSA) is 29.9 Å². The Labute approximate surface area is 126 Å². The summed E-state index contributed by atoms with van der Waals surface area (Å²) in [6, 6.07) is 0. The van der Waals surface area contributed by atoms with Gasteiger partial charge in [-0.2, -0.15) is 5.10 Å². The second-order valence-electron chi connectivity index (χ2n) is 6.23. The van der Waals surface area contributed by atoms with Crippen molar-refractivity contribution in [2.45, 2.75) is 41.0 Å². The maximum absolute atomic E-state index is 4.48. The van der Waals surface area contributed by atoms with Gasteiger partial charge in [-0.05, 0) is 60.1 Å². The summed E-state index contributed by atoms with van der Waals surface area (Å²) >= 11 is 3.67. The van der Waals surface area contributed by atoms with Crippen molar-refractivity contribution in [3.05, 3.63) is 15.9 Å². The summed E-state index contributed by atoms with van der Waals surface area (Å²) < 4.78 is 3.18. The highest BCUT2D eigenvalue weighted by molar-refractivity contribution is 9.10. The number of aromatic nitrogens is 2. The molecule has 0 amide bonds. The molecule has 1 rings (SSSR count). The Hall–Kier alpha value is -0.350. The van der Waals surface area contributed by atoms with Crippen LogP contribution in [-0.4, -0.2) is 22.9 Å². The van der Waals surface area contributed by atoms with Crippen LogP contribution >= 0.6 is 15.9 Å². The molecule has 0 aromatic carbocycles. The van der Waals surface area contributed by atoms with Gasteiger partial charge in [0.25, 0.3) is 0 Å². The quantitative estimate of drug-likeness (QED) is 0.829. The van der Waals surface area contributed by atoms with Gasteiger partial charge in [-0.1, -0.05) is 27.7 Å². The molecule has 1 unspecified atom stereocenters. The van der Waals surface area contributed by atoms with Crippen LogP contribution in [0.2, 0.25) is 0 Å². The molecular formula is C15H28BrN3. The van der Waals surface area contributed by atoms with Gasteiger partial charge in [0.15, 0.2) is 0 Å². The van der Waals surface area contributed by atoms with Gasteiger partial charge in [-0.3, -0.25) is 4.68 Å². The lowest BCUT2D eigenvalue weighted by Crippen LogP contribution is -2.30. The minimum atomic E-state index is 0.643. The Morgan fingerprint density at radius 3 is 2.26 bits per heavy atom. The molecule has 0 bridgehead atoms. The lowest BCUT2D eigenvalue weighted by Gasteiger charge is -2.22. The first-order valence-electron chi connectivity index (χ1n) is 7.21. The van der Waals surface area contributed by atoms with Gasteiger partial charge in [0, 0.05) is 7.05 Å². The van der Waals surface area contributed by atoms with Crippen LogP contribution in [0.15, 0.2) is 4.47 Å². The number of nitrogens with zero attached hydrogens (tertiary/aromatic N) is 2. The van der Waals surface area contributed by atoms with Crippen LogP contribution < -0.4 is 5.32 Å². The molecule has 1 N–H and O–H groups in total. The summed E-state index contributed by atoms with van der Waals surface area (Å²) in [5, 5.41) is 8.07. The summed E-state index contributed by atoms with van der Waals surface area (Å²) in [5.74, 6) is 2.02. The zero-order valence-corrected chi connectivity index (χ0v) is 14.7. The van der Waals surface area contributed by atoms with Crippen LogP contribution in [0.4, 0.5) is 0 Å². The van der Waals surface area contributed by atoms with Crippen molar-refractivity contribution in [1.29, 1.82) is 0 Å². The maximum atomic E-state index is 4.48. The zero-order valence-electron chi connectivity index (χ0n) is 13.1. The van der Waals surface area contributed by atoms with E-state index in [1.54, 1.807) is 0 Å². The molecule has 19 heavy (non-hydrogen) atoms. The molecule has 0 saturated heterocycles. The molecule has 3 nitrogen and oxygen atoms in total. The molecule has 1 atom stereocenters. The molecule has 1 aromatic heterocycles. The first kappa shape index (κ1) is 16.7. The third kappa shape index (κ3) is 4.92. The molecule has 0 spiro atoms. The predicted octanol–water partition coefficient (Wildman–Crippen LogP) is 3.55. The first-order chi connectivity index (χ1) is 8.82. The van der Waals surface area contributed by atoms with Crippen LogP contribution in [0.1, 0.15) is 39.1 Å². The first-order valence-corrected chi connectivity index (χ1v) is 8.00. The second kappa shape index (κ2) is 7.44. The molecule has 110 valence electrons. The number of aryl methyl sites for hydroxylation is 2. The maximum Gasteiger partial charge on any atom is 0.0738 e. The lowest BCUT2D eigenvalue weighted by molar-refractivity contribution is 0.346. The molecule has 1 heterocycles. The molecule has 0 aliphatic rings. The fourth-order valence-corrected chi connectivity index (χ4v) is 2.75. The monoisotopic (exact) mass is 329 g/mol. The highest BCUT2D eigenvalue weighted by Gasteiger charge is 2.19. The Kier molecular flexibility index (Phi) is 6.54. The summed E-state index contributed by atoms with van der Waals surface area (Å²) in [6.07, 6.45) is 1.07. The molecule has 0 saturated carbocycles. The van der Waals surface area contributed by atoms with Crippen LogP contribution in [0.25, 0.3) is 0 Å². The van der Waals surface area contributed by atoms with E-state index >= 15 is 0 Å². The van der Waals surface area contributed by atoms with Gasteiger partial charge in [-0.25, -0.2) is 0 Å². The van der Waals surface area contributed by atoms with Crippen LogP contribution in [0, 0.1) is 24.7 Å². The Bertz CT molecular complexity index is 396. The van der Waals surface area contributed by atoms with Crippen molar-refractivity contribution in [2.75, 3.05) is 13.1 Å². The van der Waals surface area contributed by atoms with E-state index < -0.39 is 0 Å². The van der Waals surface area contributed by atoms with Gasteiger partial charge in [-0.15, -0.1) is 0 Å². The van der Waals surface area contributed by atoms with Gasteiger partial charge in [0.05, 0.1) is 15.9 Å². The molecule has 0 aliphatic carbocycles. The van der Waals surface area contributed by atoms with Crippen molar-refractivity contribution < 1.29 is 0 Å². The number of nitrogens with one attached hydrogen (secondary N) is 1. The van der Waals surface area contributed by atoms with E-state index in [-0.39, 0.29) is 0 Å². The third-order valence-corrected chi connectivity index (χ3v) is 4.65. The Balaban J connectivity index is 2.67. The van der Waals surface area contributed by atoms with Gasteiger partial charge in [0.2, 0.25) is 0 Å². The van der Waals surface area contributed by atoms with Crippen molar-refractivity contribution in [3.8, 4) is 0 Å². The highest BCUT2D eigenvalue weighted by Crippen LogP contribution is 2.25. The van der Waals surface area contributed by atoms with E-state index in [1.807, 2.05) is 11.7 Å². The Morgan fingerprint density at radius 2 is 1.84 bits per heavy atom. The second-order valence-corrected chi connectivity index (χ2v) is 7.02. The van der Waals surface area contributed by atoms with Crippen molar-refractivity contribution in [1.82, 2.24) is 15.1 Å². The number of rotatable bonds is 7. The minimum absolute atomic E-state index is 0.643. The summed E-state index contributed by atoms with van der Waals surface area (Å²) in [7, 11) is 2.03. The smallest absolute Gasteiger partial charge is 0.0738 e. The van der Waals surface area contributed by atoms with E-state index in [0.717, 1.165) is 25.2 Å². The lowest BCUT2D eigenvalue weighted by atomic mass is 9.91. The molecule has 0 aliphatic heterocycles. The average Bonchev–Trinajstić information content (AvgIpc) is 2.53. The normalized spacial score (nSPS) is 13.5. The SMILES string of the molecule is Cc1nn(C)c(CC(CNCC(C)C)C(C)C)c1Br. The minimum Gasteiger partial charge on any atom is -0.316 e. The van der Waals surface area contributed by atoms with E-state index in [2.05, 4.69) is 61.0 Å². The summed E-state index contributed by atoms with van der Waals surface area (Å²) in [6.45, 7) is 13.3. The average molecular weight is 330 g/mol. The van der Waals surface area contributed by atoms with Crippen LogP contribution in [-0.2, 0) is 13.5 Å². The third-order valence-electron chi connectivity index (χ3n) is 3.62.